The van der Waals surface area contributed by atoms with Gasteiger partial charge < -0.3 is 5.32 Å². The first-order chi connectivity index (χ1) is 9.92. The molecule has 2 aromatic rings. The van der Waals surface area contributed by atoms with Gasteiger partial charge in [-0.2, -0.15) is 5.26 Å². The Kier molecular flexibility index (Phi) is 4.13. The predicted molar refractivity (Wildman–Crippen MR) is 69.5 cm³/mol. The topological polar surface area (TPSA) is 35.8 Å². The standard InChI is InChI=1S/C15H10F4N2/c1-8-11(16)2-9(6-20)3-15(8)21-7-10-4-13(18)14(19)5-12(10)17/h2-5,21H,7H2,1H3. The van der Waals surface area contributed by atoms with Crippen LogP contribution in [-0.4, -0.2) is 0 Å². The van der Waals surface area contributed by atoms with Crippen LogP contribution in [0.3, 0.4) is 0 Å². The molecule has 2 nitrogen and oxygen atoms in total. The summed E-state index contributed by atoms with van der Waals surface area (Å²) >= 11 is 0. The van der Waals surface area contributed by atoms with Crippen LogP contribution in [0.4, 0.5) is 23.2 Å². The molecule has 108 valence electrons. The van der Waals surface area contributed by atoms with Gasteiger partial charge in [0.2, 0.25) is 0 Å². The summed E-state index contributed by atoms with van der Waals surface area (Å²) in [7, 11) is 0. The highest BCUT2D eigenvalue weighted by Gasteiger charge is 2.11. The molecule has 2 aromatic carbocycles. The molecule has 0 aliphatic heterocycles. The number of hydrogen-bond acceptors (Lipinski definition) is 2. The summed E-state index contributed by atoms with van der Waals surface area (Å²) in [4.78, 5) is 0. The molecule has 0 radical (unpaired) electrons. The summed E-state index contributed by atoms with van der Waals surface area (Å²) in [5.41, 5.74) is 0.537. The van der Waals surface area contributed by atoms with E-state index < -0.39 is 23.3 Å². The van der Waals surface area contributed by atoms with E-state index in [0.717, 1.165) is 12.1 Å². The smallest absolute Gasteiger partial charge is 0.161 e. The minimum absolute atomic E-state index is 0.101. The average Bonchev–Trinajstić information content (AvgIpc) is 2.45. The number of rotatable bonds is 3. The van der Waals surface area contributed by atoms with Gasteiger partial charge in [0.1, 0.15) is 11.6 Å². The van der Waals surface area contributed by atoms with E-state index in [1.807, 2.05) is 0 Å². The van der Waals surface area contributed by atoms with E-state index in [-0.39, 0.29) is 28.9 Å². The fourth-order valence-corrected chi connectivity index (χ4v) is 1.82. The molecular weight excluding hydrogens is 284 g/mol. The van der Waals surface area contributed by atoms with E-state index in [9.17, 15) is 17.6 Å². The van der Waals surface area contributed by atoms with Crippen LogP contribution in [0.25, 0.3) is 0 Å². The lowest BCUT2D eigenvalue weighted by Gasteiger charge is -2.11. The monoisotopic (exact) mass is 294 g/mol. The molecule has 0 heterocycles. The number of halogens is 4. The fraction of sp³-hybridized carbons (Fsp3) is 0.133. The maximum absolute atomic E-state index is 13.6. The molecule has 0 bridgehead atoms. The molecule has 0 atom stereocenters. The van der Waals surface area contributed by atoms with Crippen LogP contribution < -0.4 is 5.32 Å². The van der Waals surface area contributed by atoms with Gasteiger partial charge in [0, 0.05) is 29.4 Å². The minimum atomic E-state index is -1.27. The van der Waals surface area contributed by atoms with Gasteiger partial charge in [-0.25, -0.2) is 17.6 Å². The highest BCUT2D eigenvalue weighted by molar-refractivity contribution is 5.56. The van der Waals surface area contributed by atoms with Crippen LogP contribution in [0.2, 0.25) is 0 Å². The summed E-state index contributed by atoms with van der Waals surface area (Å²) in [6.45, 7) is 1.32. The zero-order chi connectivity index (χ0) is 15.6. The Morgan fingerprint density at radius 2 is 1.62 bits per heavy atom. The van der Waals surface area contributed by atoms with Crippen molar-refractivity contribution in [3.63, 3.8) is 0 Å². The Balaban J connectivity index is 2.27. The predicted octanol–water partition coefficient (Wildman–Crippen LogP) is 4.04. The van der Waals surface area contributed by atoms with Crippen LogP contribution in [0.1, 0.15) is 16.7 Å². The van der Waals surface area contributed by atoms with Crippen molar-refractivity contribution in [3.8, 4) is 6.07 Å². The van der Waals surface area contributed by atoms with Crippen molar-refractivity contribution in [3.05, 3.63) is 64.2 Å². The maximum Gasteiger partial charge on any atom is 0.161 e. The lowest BCUT2D eigenvalue weighted by Crippen LogP contribution is -2.06. The third kappa shape index (κ3) is 3.14. The number of hydrogen-bond donors (Lipinski definition) is 1. The van der Waals surface area contributed by atoms with Gasteiger partial charge >= 0.3 is 0 Å². The Hall–Kier alpha value is -2.55. The van der Waals surface area contributed by atoms with Gasteiger partial charge in [-0.05, 0) is 25.1 Å². The van der Waals surface area contributed by atoms with E-state index in [2.05, 4.69) is 5.32 Å². The number of benzene rings is 2. The summed E-state index contributed by atoms with van der Waals surface area (Å²) in [6, 6.07) is 5.46. The van der Waals surface area contributed by atoms with Crippen molar-refractivity contribution in [1.82, 2.24) is 0 Å². The average molecular weight is 294 g/mol. The highest BCUT2D eigenvalue weighted by Crippen LogP contribution is 2.22. The van der Waals surface area contributed by atoms with Crippen LogP contribution >= 0.6 is 0 Å². The van der Waals surface area contributed by atoms with Crippen molar-refractivity contribution >= 4 is 5.69 Å². The molecule has 0 unspecified atom stereocenters. The zero-order valence-corrected chi connectivity index (χ0v) is 11.0. The molecule has 0 amide bonds. The fourth-order valence-electron chi connectivity index (χ4n) is 1.82. The number of anilines is 1. The van der Waals surface area contributed by atoms with Gasteiger partial charge in [0.25, 0.3) is 0 Å². The summed E-state index contributed by atoms with van der Waals surface area (Å²) in [5.74, 6) is -3.93. The molecule has 6 heteroatoms. The number of nitrogens with zero attached hydrogens (tertiary/aromatic N) is 1. The molecule has 0 aliphatic carbocycles. The van der Waals surface area contributed by atoms with Gasteiger partial charge in [0.05, 0.1) is 11.6 Å². The third-order valence-electron chi connectivity index (χ3n) is 3.03. The molecule has 21 heavy (non-hydrogen) atoms. The van der Waals surface area contributed by atoms with Gasteiger partial charge in [-0.15, -0.1) is 0 Å². The Labute approximate surface area is 118 Å². The van der Waals surface area contributed by atoms with E-state index in [1.54, 1.807) is 6.07 Å². The lowest BCUT2D eigenvalue weighted by atomic mass is 10.1. The molecule has 0 aliphatic rings. The van der Waals surface area contributed by atoms with Crippen LogP contribution in [0.5, 0.6) is 0 Å². The van der Waals surface area contributed by atoms with Crippen LogP contribution in [0.15, 0.2) is 24.3 Å². The van der Waals surface area contributed by atoms with E-state index in [1.165, 1.54) is 13.0 Å². The lowest BCUT2D eigenvalue weighted by molar-refractivity contribution is 0.490. The van der Waals surface area contributed by atoms with Crippen LogP contribution in [0, 0.1) is 41.5 Å². The van der Waals surface area contributed by atoms with E-state index in [0.29, 0.717) is 6.07 Å². The van der Waals surface area contributed by atoms with Crippen molar-refractivity contribution in [2.75, 3.05) is 5.32 Å². The second-order valence-electron chi connectivity index (χ2n) is 4.45. The zero-order valence-electron chi connectivity index (χ0n) is 11.0. The molecule has 0 fully saturated rings. The Morgan fingerprint density at radius 1 is 0.952 bits per heavy atom. The van der Waals surface area contributed by atoms with E-state index in [4.69, 9.17) is 5.26 Å². The number of nitriles is 1. The number of nitrogens with one attached hydrogen (secondary N) is 1. The maximum atomic E-state index is 13.6. The molecule has 2 rings (SSSR count). The SMILES string of the molecule is Cc1c(F)cc(C#N)cc1NCc1cc(F)c(F)cc1F. The molecule has 0 spiro atoms. The van der Waals surface area contributed by atoms with Gasteiger partial charge in [-0.1, -0.05) is 0 Å². The molecule has 0 saturated heterocycles. The molecule has 1 N–H and O–H groups in total. The van der Waals surface area contributed by atoms with Crippen molar-refractivity contribution in [2.24, 2.45) is 0 Å². The normalized spacial score (nSPS) is 10.3. The third-order valence-corrected chi connectivity index (χ3v) is 3.03. The first-order valence-corrected chi connectivity index (χ1v) is 6.00. The first-order valence-electron chi connectivity index (χ1n) is 6.00. The summed E-state index contributed by atoms with van der Waals surface area (Å²) in [6.07, 6.45) is 0. The summed E-state index contributed by atoms with van der Waals surface area (Å²) in [5, 5.41) is 11.5. The second kappa shape index (κ2) is 5.83. The second-order valence-corrected chi connectivity index (χ2v) is 4.45. The largest absolute Gasteiger partial charge is 0.381 e. The van der Waals surface area contributed by atoms with Gasteiger partial charge in [-0.3, -0.25) is 0 Å². The Morgan fingerprint density at radius 3 is 2.29 bits per heavy atom. The van der Waals surface area contributed by atoms with Gasteiger partial charge in [0.15, 0.2) is 11.6 Å². The van der Waals surface area contributed by atoms with E-state index >= 15 is 0 Å². The minimum Gasteiger partial charge on any atom is -0.381 e. The Bertz CT molecular complexity index is 735. The molecular formula is C15H10F4N2. The summed E-state index contributed by atoms with van der Waals surface area (Å²) < 4.78 is 53.0. The quantitative estimate of drug-likeness (QED) is 0.685. The molecule has 0 aromatic heterocycles. The van der Waals surface area contributed by atoms with Crippen molar-refractivity contribution in [2.45, 2.75) is 13.5 Å². The van der Waals surface area contributed by atoms with Crippen LogP contribution in [-0.2, 0) is 6.54 Å². The molecule has 0 saturated carbocycles. The first kappa shape index (κ1) is 14.9. The van der Waals surface area contributed by atoms with Crippen molar-refractivity contribution in [1.29, 1.82) is 5.26 Å². The highest BCUT2D eigenvalue weighted by atomic mass is 19.2. The van der Waals surface area contributed by atoms with Crippen molar-refractivity contribution < 1.29 is 17.6 Å².